The zero-order valence-corrected chi connectivity index (χ0v) is 18.6. The van der Waals surface area contributed by atoms with Crippen LogP contribution in [0.1, 0.15) is 35.5 Å². The van der Waals surface area contributed by atoms with Crippen LogP contribution in [0.25, 0.3) is 0 Å². The van der Waals surface area contributed by atoms with E-state index in [1.807, 2.05) is 18.3 Å². The van der Waals surface area contributed by atoms with Gasteiger partial charge in [0.25, 0.3) is 0 Å². The molecule has 1 fully saturated rings. The Labute approximate surface area is 189 Å². The SMILES string of the molecule is CC(Nc1nc(N2CCOCC2)nc2c1CCN(Cc1ccccc1)C2)c1ccccn1. The Hall–Kier alpha value is -3.03. The summed E-state index contributed by atoms with van der Waals surface area (Å²) in [6.07, 6.45) is 2.77. The number of hydrogen-bond donors (Lipinski definition) is 1. The van der Waals surface area contributed by atoms with E-state index in [0.29, 0.717) is 13.2 Å². The molecule has 2 aliphatic rings. The Morgan fingerprint density at radius 2 is 1.81 bits per heavy atom. The molecule has 0 bridgehead atoms. The minimum Gasteiger partial charge on any atom is -0.378 e. The number of pyridine rings is 1. The van der Waals surface area contributed by atoms with Gasteiger partial charge >= 0.3 is 0 Å². The summed E-state index contributed by atoms with van der Waals surface area (Å²) in [5.74, 6) is 1.73. The van der Waals surface area contributed by atoms with Gasteiger partial charge in [0.1, 0.15) is 5.82 Å². The molecule has 4 heterocycles. The highest BCUT2D eigenvalue weighted by atomic mass is 16.5. The number of morpholine rings is 1. The highest BCUT2D eigenvalue weighted by Crippen LogP contribution is 2.29. The normalized spacial score (nSPS) is 17.6. The lowest BCUT2D eigenvalue weighted by molar-refractivity contribution is 0.122. The Balaban J connectivity index is 1.43. The van der Waals surface area contributed by atoms with Crippen molar-refractivity contribution in [3.63, 3.8) is 0 Å². The van der Waals surface area contributed by atoms with Gasteiger partial charge in [0.05, 0.1) is 30.6 Å². The summed E-state index contributed by atoms with van der Waals surface area (Å²) in [6, 6.07) is 16.7. The Bertz CT molecular complexity index is 1020. The standard InChI is InChI=1S/C25H30N6O/c1-19(22-9-5-6-11-26-22)27-24-21-10-12-30(17-20-7-3-2-4-8-20)18-23(21)28-25(29-24)31-13-15-32-16-14-31/h2-9,11,19H,10,12-18H2,1H3,(H,27,28,29). The average Bonchev–Trinajstić information content (AvgIpc) is 2.85. The van der Waals surface area contributed by atoms with Gasteiger partial charge in [-0.1, -0.05) is 36.4 Å². The zero-order chi connectivity index (χ0) is 21.8. The molecule has 2 aliphatic heterocycles. The van der Waals surface area contributed by atoms with Gasteiger partial charge in [-0.2, -0.15) is 4.98 Å². The third-order valence-corrected chi connectivity index (χ3v) is 6.16. The van der Waals surface area contributed by atoms with Crippen LogP contribution in [-0.4, -0.2) is 52.7 Å². The predicted molar refractivity (Wildman–Crippen MR) is 126 cm³/mol. The Morgan fingerprint density at radius 1 is 1.00 bits per heavy atom. The number of hydrogen-bond acceptors (Lipinski definition) is 7. The van der Waals surface area contributed by atoms with Crippen LogP contribution in [0.15, 0.2) is 54.7 Å². The summed E-state index contributed by atoms with van der Waals surface area (Å²) < 4.78 is 5.54. The molecule has 1 unspecified atom stereocenters. The van der Waals surface area contributed by atoms with E-state index >= 15 is 0 Å². The van der Waals surface area contributed by atoms with Gasteiger partial charge in [-0.05, 0) is 31.0 Å². The fourth-order valence-corrected chi connectivity index (χ4v) is 4.38. The molecule has 0 saturated carbocycles. The molecular formula is C25H30N6O. The van der Waals surface area contributed by atoms with Crippen LogP contribution in [0.5, 0.6) is 0 Å². The lowest BCUT2D eigenvalue weighted by Crippen LogP contribution is -2.38. The van der Waals surface area contributed by atoms with Gasteiger partial charge in [-0.25, -0.2) is 4.98 Å². The van der Waals surface area contributed by atoms with Gasteiger partial charge in [0, 0.05) is 44.5 Å². The molecule has 7 heteroatoms. The van der Waals surface area contributed by atoms with Crippen molar-refractivity contribution in [3.8, 4) is 0 Å². The van der Waals surface area contributed by atoms with Crippen molar-refractivity contribution in [2.45, 2.75) is 32.5 Å². The van der Waals surface area contributed by atoms with Crippen LogP contribution >= 0.6 is 0 Å². The van der Waals surface area contributed by atoms with Gasteiger partial charge in [-0.15, -0.1) is 0 Å². The first-order valence-electron chi connectivity index (χ1n) is 11.4. The largest absolute Gasteiger partial charge is 0.378 e. The molecule has 0 spiro atoms. The van der Waals surface area contributed by atoms with Crippen LogP contribution in [-0.2, 0) is 24.2 Å². The van der Waals surface area contributed by atoms with Gasteiger partial charge < -0.3 is 15.0 Å². The van der Waals surface area contributed by atoms with Crippen molar-refractivity contribution in [3.05, 3.63) is 77.2 Å². The van der Waals surface area contributed by atoms with Crippen LogP contribution < -0.4 is 10.2 Å². The molecule has 32 heavy (non-hydrogen) atoms. The molecule has 0 aliphatic carbocycles. The maximum Gasteiger partial charge on any atom is 0.227 e. The van der Waals surface area contributed by atoms with E-state index in [4.69, 9.17) is 14.7 Å². The number of benzene rings is 1. The van der Waals surface area contributed by atoms with Crippen LogP contribution in [0.2, 0.25) is 0 Å². The molecule has 166 valence electrons. The maximum atomic E-state index is 5.54. The number of nitrogens with one attached hydrogen (secondary N) is 1. The molecule has 3 aromatic rings. The topological polar surface area (TPSA) is 66.4 Å². The second kappa shape index (κ2) is 9.63. The fourth-order valence-electron chi connectivity index (χ4n) is 4.38. The number of anilines is 2. The van der Waals surface area contributed by atoms with Crippen molar-refractivity contribution in [1.82, 2.24) is 19.9 Å². The second-order valence-corrected chi connectivity index (χ2v) is 8.46. The molecule has 5 rings (SSSR count). The van der Waals surface area contributed by atoms with E-state index in [9.17, 15) is 0 Å². The van der Waals surface area contributed by atoms with Crippen LogP contribution in [0.4, 0.5) is 11.8 Å². The summed E-state index contributed by atoms with van der Waals surface area (Å²) in [5.41, 5.74) is 4.70. The highest BCUT2D eigenvalue weighted by molar-refractivity contribution is 5.53. The molecule has 1 atom stereocenters. The maximum absolute atomic E-state index is 5.54. The van der Waals surface area contributed by atoms with Crippen LogP contribution in [0.3, 0.4) is 0 Å². The van der Waals surface area contributed by atoms with Crippen molar-refractivity contribution in [2.75, 3.05) is 43.1 Å². The fraction of sp³-hybridized carbons (Fsp3) is 0.400. The zero-order valence-electron chi connectivity index (χ0n) is 18.6. The Morgan fingerprint density at radius 3 is 2.59 bits per heavy atom. The monoisotopic (exact) mass is 430 g/mol. The number of nitrogens with zero attached hydrogens (tertiary/aromatic N) is 5. The quantitative estimate of drug-likeness (QED) is 0.643. The highest BCUT2D eigenvalue weighted by Gasteiger charge is 2.25. The summed E-state index contributed by atoms with van der Waals surface area (Å²) in [7, 11) is 0. The van der Waals surface area contributed by atoms with E-state index in [0.717, 1.165) is 62.3 Å². The first-order chi connectivity index (χ1) is 15.8. The molecule has 1 saturated heterocycles. The first kappa shape index (κ1) is 20.8. The van der Waals surface area contributed by atoms with E-state index in [1.54, 1.807) is 0 Å². The first-order valence-corrected chi connectivity index (χ1v) is 11.4. The smallest absolute Gasteiger partial charge is 0.227 e. The Kier molecular flexibility index (Phi) is 6.27. The molecule has 7 nitrogen and oxygen atoms in total. The summed E-state index contributed by atoms with van der Waals surface area (Å²) in [4.78, 5) is 19.2. The summed E-state index contributed by atoms with van der Waals surface area (Å²) in [6.45, 7) is 7.97. The van der Waals surface area contributed by atoms with Crippen LogP contribution in [0, 0.1) is 0 Å². The van der Waals surface area contributed by atoms with Crippen molar-refractivity contribution >= 4 is 11.8 Å². The van der Waals surface area contributed by atoms with E-state index < -0.39 is 0 Å². The molecule has 0 radical (unpaired) electrons. The minimum atomic E-state index is 0.0649. The second-order valence-electron chi connectivity index (χ2n) is 8.46. The van der Waals surface area contributed by atoms with Gasteiger partial charge in [-0.3, -0.25) is 9.88 Å². The van der Waals surface area contributed by atoms with E-state index in [-0.39, 0.29) is 6.04 Å². The van der Waals surface area contributed by atoms with Crippen molar-refractivity contribution in [2.24, 2.45) is 0 Å². The predicted octanol–water partition coefficient (Wildman–Crippen LogP) is 3.44. The molecule has 2 aromatic heterocycles. The average molecular weight is 431 g/mol. The third-order valence-electron chi connectivity index (χ3n) is 6.16. The lowest BCUT2D eigenvalue weighted by Gasteiger charge is -2.32. The molecule has 1 aromatic carbocycles. The lowest BCUT2D eigenvalue weighted by atomic mass is 10.0. The molecular weight excluding hydrogens is 400 g/mol. The molecule has 0 amide bonds. The van der Waals surface area contributed by atoms with Crippen molar-refractivity contribution in [1.29, 1.82) is 0 Å². The summed E-state index contributed by atoms with van der Waals surface area (Å²) in [5, 5.41) is 3.64. The van der Waals surface area contributed by atoms with Gasteiger partial charge in [0.15, 0.2) is 0 Å². The van der Waals surface area contributed by atoms with Gasteiger partial charge in [0.2, 0.25) is 5.95 Å². The minimum absolute atomic E-state index is 0.0649. The number of rotatable bonds is 6. The number of ether oxygens (including phenoxy) is 1. The number of fused-ring (bicyclic) bond motifs is 1. The number of aromatic nitrogens is 3. The summed E-state index contributed by atoms with van der Waals surface area (Å²) >= 11 is 0. The van der Waals surface area contributed by atoms with E-state index in [1.165, 1.54) is 11.1 Å². The van der Waals surface area contributed by atoms with Crippen molar-refractivity contribution < 1.29 is 4.74 Å². The molecule has 1 N–H and O–H groups in total. The third kappa shape index (κ3) is 4.74. The van der Waals surface area contributed by atoms with E-state index in [2.05, 4.69) is 63.4 Å².